The van der Waals surface area contributed by atoms with Gasteiger partial charge in [-0.2, -0.15) is 0 Å². The molecular formula is C15H30S2. The maximum atomic E-state index is 5.19. The normalized spacial score (nSPS) is 10.7. The summed E-state index contributed by atoms with van der Waals surface area (Å²) in [6.07, 6.45) is 18.8. The van der Waals surface area contributed by atoms with Crippen molar-refractivity contribution in [2.75, 3.05) is 6.26 Å². The first-order valence-electron chi connectivity index (χ1n) is 7.38. The number of rotatable bonds is 12. The van der Waals surface area contributed by atoms with E-state index in [1.807, 2.05) is 0 Å². The van der Waals surface area contributed by atoms with Crippen LogP contribution in [0.15, 0.2) is 0 Å². The summed E-state index contributed by atoms with van der Waals surface area (Å²) in [4.78, 5) is 0. The van der Waals surface area contributed by atoms with Crippen molar-refractivity contribution in [2.24, 2.45) is 0 Å². The first-order chi connectivity index (χ1) is 8.31. The van der Waals surface area contributed by atoms with Gasteiger partial charge in [0, 0.05) is 4.20 Å². The molecule has 0 aliphatic heterocycles. The van der Waals surface area contributed by atoms with Crippen LogP contribution in [0.2, 0.25) is 0 Å². The van der Waals surface area contributed by atoms with Crippen LogP contribution in [0.4, 0.5) is 0 Å². The number of unbranched alkanes of at least 4 members (excludes halogenated alkanes) is 10. The second-order valence-corrected chi connectivity index (χ2v) is 6.51. The Bertz CT molecular complexity index is 166. The third-order valence-corrected chi connectivity index (χ3v) is 4.58. The molecule has 0 atom stereocenters. The maximum absolute atomic E-state index is 5.19. The Morgan fingerprint density at radius 2 is 1.18 bits per heavy atom. The molecule has 0 aromatic rings. The van der Waals surface area contributed by atoms with Crippen LogP contribution in [0.25, 0.3) is 0 Å². The van der Waals surface area contributed by atoms with Gasteiger partial charge in [-0.3, -0.25) is 0 Å². The minimum Gasteiger partial charge on any atom is -0.122 e. The van der Waals surface area contributed by atoms with Gasteiger partial charge < -0.3 is 0 Å². The van der Waals surface area contributed by atoms with E-state index in [1.54, 1.807) is 11.8 Å². The fourth-order valence-electron chi connectivity index (χ4n) is 2.04. The van der Waals surface area contributed by atoms with Gasteiger partial charge in [0.25, 0.3) is 0 Å². The summed E-state index contributed by atoms with van der Waals surface area (Å²) < 4.78 is 1.18. The van der Waals surface area contributed by atoms with Crippen LogP contribution < -0.4 is 0 Å². The van der Waals surface area contributed by atoms with Crippen LogP contribution in [-0.4, -0.2) is 10.5 Å². The molecule has 102 valence electrons. The van der Waals surface area contributed by atoms with Crippen LogP contribution in [0, 0.1) is 0 Å². The summed E-state index contributed by atoms with van der Waals surface area (Å²) in [7, 11) is 0. The first kappa shape index (κ1) is 17.4. The quantitative estimate of drug-likeness (QED) is 0.299. The number of hydrogen-bond acceptors (Lipinski definition) is 2. The zero-order valence-electron chi connectivity index (χ0n) is 11.8. The molecule has 0 radical (unpaired) electrons. The third kappa shape index (κ3) is 14.4. The molecule has 0 N–H and O–H groups in total. The van der Waals surface area contributed by atoms with E-state index in [0.717, 1.165) is 6.42 Å². The summed E-state index contributed by atoms with van der Waals surface area (Å²) in [6.45, 7) is 2.28. The average Bonchev–Trinajstić information content (AvgIpc) is 2.35. The van der Waals surface area contributed by atoms with Crippen LogP contribution in [0.1, 0.15) is 84.0 Å². The van der Waals surface area contributed by atoms with E-state index < -0.39 is 0 Å². The Balaban J connectivity index is 2.96. The van der Waals surface area contributed by atoms with Crippen molar-refractivity contribution in [3.8, 4) is 0 Å². The fourth-order valence-corrected chi connectivity index (χ4v) is 2.53. The molecule has 0 bridgehead atoms. The van der Waals surface area contributed by atoms with Gasteiger partial charge in [0.05, 0.1) is 0 Å². The van der Waals surface area contributed by atoms with E-state index in [-0.39, 0.29) is 0 Å². The molecule has 0 rings (SSSR count). The van der Waals surface area contributed by atoms with E-state index in [2.05, 4.69) is 13.2 Å². The van der Waals surface area contributed by atoms with Crippen molar-refractivity contribution in [2.45, 2.75) is 84.0 Å². The van der Waals surface area contributed by atoms with Gasteiger partial charge in [-0.05, 0) is 19.1 Å². The minimum absolute atomic E-state index is 1.15. The second kappa shape index (κ2) is 14.5. The molecule has 0 aliphatic carbocycles. The zero-order valence-corrected chi connectivity index (χ0v) is 13.4. The SMILES string of the molecule is CCCCCCCCCCCCCC(=S)SC. The van der Waals surface area contributed by atoms with Gasteiger partial charge in [-0.25, -0.2) is 0 Å². The van der Waals surface area contributed by atoms with Crippen LogP contribution in [-0.2, 0) is 0 Å². The predicted molar refractivity (Wildman–Crippen MR) is 87.2 cm³/mol. The molecule has 0 saturated carbocycles. The predicted octanol–water partition coefficient (Wildman–Crippen LogP) is 6.38. The van der Waals surface area contributed by atoms with E-state index >= 15 is 0 Å². The van der Waals surface area contributed by atoms with E-state index in [9.17, 15) is 0 Å². The lowest BCUT2D eigenvalue weighted by Gasteiger charge is -2.02. The molecular weight excluding hydrogens is 244 g/mol. The highest BCUT2D eigenvalue weighted by Crippen LogP contribution is 2.13. The molecule has 0 aromatic carbocycles. The molecule has 17 heavy (non-hydrogen) atoms. The smallest absolute Gasteiger partial charge is 0.0475 e. The molecule has 0 aliphatic rings. The minimum atomic E-state index is 1.15. The van der Waals surface area contributed by atoms with Crippen molar-refractivity contribution in [1.29, 1.82) is 0 Å². The van der Waals surface area contributed by atoms with Crippen LogP contribution >= 0.6 is 24.0 Å². The van der Waals surface area contributed by atoms with Gasteiger partial charge in [-0.1, -0.05) is 83.3 Å². The van der Waals surface area contributed by atoms with E-state index in [1.165, 1.54) is 74.8 Å². The lowest BCUT2D eigenvalue weighted by atomic mass is 10.1. The van der Waals surface area contributed by atoms with Gasteiger partial charge in [-0.15, -0.1) is 11.8 Å². The third-order valence-electron chi connectivity index (χ3n) is 3.21. The Morgan fingerprint density at radius 1 is 0.765 bits per heavy atom. The van der Waals surface area contributed by atoms with Crippen molar-refractivity contribution in [1.82, 2.24) is 0 Å². The van der Waals surface area contributed by atoms with Crippen molar-refractivity contribution in [3.05, 3.63) is 0 Å². The van der Waals surface area contributed by atoms with Crippen molar-refractivity contribution < 1.29 is 0 Å². The van der Waals surface area contributed by atoms with Crippen molar-refractivity contribution >= 4 is 28.2 Å². The molecule has 0 heterocycles. The Hall–Kier alpha value is 0.440. The number of thiocarbonyl (C=S) groups is 1. The Labute approximate surface area is 118 Å². The number of hydrogen-bond donors (Lipinski definition) is 0. The molecule has 0 spiro atoms. The standard InChI is InChI=1S/C15H30S2/c1-3-4-5-6-7-8-9-10-11-12-13-14-15(16)17-2/h3-14H2,1-2H3. The highest BCUT2D eigenvalue weighted by atomic mass is 32.2. The lowest BCUT2D eigenvalue weighted by Crippen LogP contribution is -1.87. The molecule has 0 fully saturated rings. The van der Waals surface area contributed by atoms with Gasteiger partial charge in [0.1, 0.15) is 0 Å². The molecule has 0 amide bonds. The summed E-state index contributed by atoms with van der Waals surface area (Å²) in [5, 5.41) is 0. The molecule has 0 unspecified atom stereocenters. The largest absolute Gasteiger partial charge is 0.122 e. The van der Waals surface area contributed by atoms with Gasteiger partial charge in [0.2, 0.25) is 0 Å². The Morgan fingerprint density at radius 3 is 1.59 bits per heavy atom. The second-order valence-electron chi connectivity index (χ2n) is 4.86. The summed E-state index contributed by atoms with van der Waals surface area (Å²) >= 11 is 6.93. The van der Waals surface area contributed by atoms with Gasteiger partial charge >= 0.3 is 0 Å². The topological polar surface area (TPSA) is 0 Å². The summed E-state index contributed by atoms with van der Waals surface area (Å²) in [6, 6.07) is 0. The number of thioether (sulfide) groups is 1. The van der Waals surface area contributed by atoms with Crippen LogP contribution in [0.5, 0.6) is 0 Å². The van der Waals surface area contributed by atoms with Gasteiger partial charge in [0.15, 0.2) is 0 Å². The lowest BCUT2D eigenvalue weighted by molar-refractivity contribution is 0.552. The monoisotopic (exact) mass is 274 g/mol. The Kier molecular flexibility index (Phi) is 14.9. The average molecular weight is 275 g/mol. The maximum Gasteiger partial charge on any atom is 0.0475 e. The molecule has 2 heteroatoms. The highest BCUT2D eigenvalue weighted by molar-refractivity contribution is 8.22. The van der Waals surface area contributed by atoms with Crippen molar-refractivity contribution in [3.63, 3.8) is 0 Å². The fraction of sp³-hybridized carbons (Fsp3) is 0.933. The van der Waals surface area contributed by atoms with Crippen LogP contribution in [0.3, 0.4) is 0 Å². The molecule has 0 nitrogen and oxygen atoms in total. The first-order valence-corrected chi connectivity index (χ1v) is 9.01. The summed E-state index contributed by atoms with van der Waals surface area (Å²) in [5.41, 5.74) is 0. The highest BCUT2D eigenvalue weighted by Gasteiger charge is 1.95. The molecule has 0 aromatic heterocycles. The van der Waals surface area contributed by atoms with E-state index in [4.69, 9.17) is 12.2 Å². The van der Waals surface area contributed by atoms with E-state index in [0.29, 0.717) is 0 Å². The summed E-state index contributed by atoms with van der Waals surface area (Å²) in [5.74, 6) is 0. The molecule has 0 saturated heterocycles. The zero-order chi connectivity index (χ0) is 12.8.